The van der Waals surface area contributed by atoms with Gasteiger partial charge in [0.2, 0.25) is 0 Å². The third-order valence-electron chi connectivity index (χ3n) is 2.40. The van der Waals surface area contributed by atoms with Crippen molar-refractivity contribution in [2.75, 3.05) is 13.1 Å². The lowest BCUT2D eigenvalue weighted by molar-refractivity contribution is -0.132. The van der Waals surface area contributed by atoms with Crippen molar-refractivity contribution in [1.82, 2.24) is 4.90 Å². The zero-order valence-electron chi connectivity index (χ0n) is 8.27. The summed E-state index contributed by atoms with van der Waals surface area (Å²) in [4.78, 5) is 13.3. The summed E-state index contributed by atoms with van der Waals surface area (Å²) in [5.74, 6) is 0.561. The summed E-state index contributed by atoms with van der Waals surface area (Å²) >= 11 is 16.7. The van der Waals surface area contributed by atoms with Crippen molar-refractivity contribution in [1.29, 1.82) is 0 Å². The number of rotatable bonds is 0. The maximum atomic E-state index is 11.6. The zero-order chi connectivity index (χ0) is 10.9. The molecule has 2 atom stereocenters. The van der Waals surface area contributed by atoms with Crippen molar-refractivity contribution in [2.45, 2.75) is 24.1 Å². The van der Waals surface area contributed by atoms with E-state index in [1.807, 2.05) is 0 Å². The fourth-order valence-electron chi connectivity index (χ4n) is 2.01. The second kappa shape index (κ2) is 4.46. The summed E-state index contributed by atoms with van der Waals surface area (Å²) in [5, 5.41) is 0. The Morgan fingerprint density at radius 1 is 1.21 bits per heavy atom. The molecule has 82 valence electrons. The van der Waals surface area contributed by atoms with Crippen molar-refractivity contribution in [2.24, 2.45) is 11.8 Å². The van der Waals surface area contributed by atoms with E-state index in [0.717, 1.165) is 6.42 Å². The number of piperidine rings is 1. The number of amides is 1. The van der Waals surface area contributed by atoms with Crippen molar-refractivity contribution in [3.05, 3.63) is 0 Å². The molecule has 0 aliphatic carbocycles. The van der Waals surface area contributed by atoms with Gasteiger partial charge in [-0.2, -0.15) is 0 Å². The van der Waals surface area contributed by atoms with Crippen LogP contribution >= 0.6 is 34.8 Å². The van der Waals surface area contributed by atoms with E-state index in [9.17, 15) is 4.79 Å². The SMILES string of the molecule is CC1CC(C)CN(C(=O)C(Cl)(Cl)Cl)C1. The van der Waals surface area contributed by atoms with Crippen LogP contribution in [0.3, 0.4) is 0 Å². The number of hydrogen-bond donors (Lipinski definition) is 0. The number of carbonyl (C=O) groups excluding carboxylic acids is 1. The minimum absolute atomic E-state index is 0.402. The molecule has 1 aliphatic rings. The average molecular weight is 259 g/mol. The molecule has 0 aromatic heterocycles. The Labute approximate surface area is 99.5 Å². The number of alkyl halides is 3. The highest BCUT2D eigenvalue weighted by atomic mass is 35.6. The average Bonchev–Trinajstić information content (AvgIpc) is 1.99. The summed E-state index contributed by atoms with van der Waals surface area (Å²) < 4.78 is -1.81. The molecule has 0 bridgehead atoms. The smallest absolute Gasteiger partial charge is 0.274 e. The Hall–Kier alpha value is 0.340. The zero-order valence-corrected chi connectivity index (χ0v) is 10.5. The second-order valence-electron chi connectivity index (χ2n) is 4.15. The minimum Gasteiger partial charge on any atom is -0.338 e. The highest BCUT2D eigenvalue weighted by Crippen LogP contribution is 2.31. The van der Waals surface area contributed by atoms with E-state index in [2.05, 4.69) is 13.8 Å². The summed E-state index contributed by atoms with van der Waals surface area (Å²) in [7, 11) is 0. The normalized spacial score (nSPS) is 29.1. The standard InChI is InChI=1S/C9H14Cl3NO/c1-6-3-7(2)5-13(4-6)8(14)9(10,11)12/h6-7H,3-5H2,1-2H3. The Kier molecular flexibility index (Phi) is 3.95. The molecule has 1 heterocycles. The van der Waals surface area contributed by atoms with Gasteiger partial charge in [-0.1, -0.05) is 48.7 Å². The van der Waals surface area contributed by atoms with Crippen molar-refractivity contribution in [3.8, 4) is 0 Å². The van der Waals surface area contributed by atoms with Crippen molar-refractivity contribution in [3.63, 3.8) is 0 Å². The summed E-state index contributed by atoms with van der Waals surface area (Å²) in [6, 6.07) is 0. The first-order chi connectivity index (χ1) is 6.30. The Balaban J connectivity index is 2.64. The molecule has 14 heavy (non-hydrogen) atoms. The van der Waals surface area contributed by atoms with Crippen molar-refractivity contribution < 1.29 is 4.79 Å². The van der Waals surface area contributed by atoms with Gasteiger partial charge < -0.3 is 4.90 Å². The van der Waals surface area contributed by atoms with Crippen LogP contribution in [-0.2, 0) is 4.79 Å². The number of likely N-dealkylation sites (tertiary alicyclic amines) is 1. The van der Waals surface area contributed by atoms with E-state index in [-0.39, 0.29) is 0 Å². The van der Waals surface area contributed by atoms with Gasteiger partial charge in [-0.15, -0.1) is 0 Å². The van der Waals surface area contributed by atoms with Crippen LogP contribution in [0.4, 0.5) is 0 Å². The summed E-state index contributed by atoms with van der Waals surface area (Å²) in [6.45, 7) is 5.59. The quantitative estimate of drug-likeness (QED) is 0.612. The predicted octanol–water partition coefficient (Wildman–Crippen LogP) is 2.86. The molecular weight excluding hydrogens is 244 g/mol. The van der Waals surface area contributed by atoms with Crippen LogP contribution in [0.2, 0.25) is 0 Å². The Morgan fingerprint density at radius 2 is 1.64 bits per heavy atom. The molecule has 0 aromatic rings. The first-order valence-corrected chi connectivity index (χ1v) is 5.80. The molecule has 2 unspecified atom stereocenters. The van der Waals surface area contributed by atoms with Gasteiger partial charge in [0.25, 0.3) is 9.70 Å². The van der Waals surface area contributed by atoms with Crippen LogP contribution in [0, 0.1) is 11.8 Å². The van der Waals surface area contributed by atoms with Gasteiger partial charge in [0.1, 0.15) is 0 Å². The monoisotopic (exact) mass is 257 g/mol. The summed E-state index contributed by atoms with van der Waals surface area (Å²) in [6.07, 6.45) is 1.13. The molecule has 1 aliphatic heterocycles. The molecular formula is C9H14Cl3NO. The lowest BCUT2D eigenvalue weighted by atomic mass is 9.92. The van der Waals surface area contributed by atoms with Crippen LogP contribution in [0.1, 0.15) is 20.3 Å². The van der Waals surface area contributed by atoms with E-state index in [4.69, 9.17) is 34.8 Å². The van der Waals surface area contributed by atoms with Crippen LogP contribution in [0.25, 0.3) is 0 Å². The number of nitrogens with zero attached hydrogens (tertiary/aromatic N) is 1. The molecule has 1 rings (SSSR count). The molecule has 0 aromatic carbocycles. The van der Waals surface area contributed by atoms with Gasteiger partial charge in [0.05, 0.1) is 0 Å². The molecule has 0 N–H and O–H groups in total. The third kappa shape index (κ3) is 3.18. The van der Waals surface area contributed by atoms with E-state index in [0.29, 0.717) is 24.9 Å². The third-order valence-corrected chi connectivity index (χ3v) is 2.88. The molecule has 2 nitrogen and oxygen atoms in total. The fourth-order valence-corrected chi connectivity index (χ4v) is 2.37. The molecule has 0 saturated carbocycles. The maximum absolute atomic E-state index is 11.6. The molecule has 0 spiro atoms. The summed E-state index contributed by atoms with van der Waals surface area (Å²) in [5.41, 5.74) is 0. The first-order valence-electron chi connectivity index (χ1n) is 4.66. The molecule has 1 saturated heterocycles. The molecule has 1 fully saturated rings. The number of carbonyl (C=O) groups is 1. The second-order valence-corrected chi connectivity index (χ2v) is 6.44. The van der Waals surface area contributed by atoms with Gasteiger partial charge in [0.15, 0.2) is 0 Å². The van der Waals surface area contributed by atoms with Crippen LogP contribution in [0.5, 0.6) is 0 Å². The van der Waals surface area contributed by atoms with Crippen molar-refractivity contribution >= 4 is 40.7 Å². The molecule has 5 heteroatoms. The highest BCUT2D eigenvalue weighted by Gasteiger charge is 2.37. The number of halogens is 3. The van der Waals surface area contributed by atoms with Gasteiger partial charge in [-0.05, 0) is 18.3 Å². The predicted molar refractivity (Wildman–Crippen MR) is 59.8 cm³/mol. The van der Waals surface area contributed by atoms with E-state index in [1.165, 1.54) is 0 Å². The van der Waals surface area contributed by atoms with Gasteiger partial charge in [-0.3, -0.25) is 4.79 Å². The van der Waals surface area contributed by atoms with E-state index < -0.39 is 9.70 Å². The Bertz CT molecular complexity index is 217. The van der Waals surface area contributed by atoms with Gasteiger partial charge >= 0.3 is 0 Å². The van der Waals surface area contributed by atoms with E-state index >= 15 is 0 Å². The highest BCUT2D eigenvalue weighted by molar-refractivity contribution is 6.76. The minimum atomic E-state index is -1.81. The van der Waals surface area contributed by atoms with Crippen LogP contribution in [-0.4, -0.2) is 27.7 Å². The first kappa shape index (κ1) is 12.4. The maximum Gasteiger partial charge on any atom is 0.274 e. The largest absolute Gasteiger partial charge is 0.338 e. The van der Waals surface area contributed by atoms with Gasteiger partial charge in [-0.25, -0.2) is 0 Å². The van der Waals surface area contributed by atoms with Gasteiger partial charge in [0, 0.05) is 13.1 Å². The topological polar surface area (TPSA) is 20.3 Å². The number of hydrogen-bond acceptors (Lipinski definition) is 1. The lowest BCUT2D eigenvalue weighted by Gasteiger charge is -2.36. The Morgan fingerprint density at radius 3 is 2.00 bits per heavy atom. The molecule has 1 amide bonds. The van der Waals surface area contributed by atoms with E-state index in [1.54, 1.807) is 4.90 Å². The lowest BCUT2D eigenvalue weighted by Crippen LogP contribution is -2.47. The molecule has 0 radical (unpaired) electrons. The van der Waals surface area contributed by atoms with Crippen LogP contribution in [0.15, 0.2) is 0 Å². The van der Waals surface area contributed by atoms with Crippen LogP contribution < -0.4 is 0 Å². The fraction of sp³-hybridized carbons (Fsp3) is 0.889.